The lowest BCUT2D eigenvalue weighted by Gasteiger charge is -1.96. The summed E-state index contributed by atoms with van der Waals surface area (Å²) in [6.07, 6.45) is 4.51. The predicted molar refractivity (Wildman–Crippen MR) is 40.9 cm³/mol. The molecule has 0 spiro atoms. The van der Waals surface area contributed by atoms with Gasteiger partial charge in [-0.3, -0.25) is 11.3 Å². The Morgan fingerprint density at radius 3 is 2.78 bits per heavy atom. The van der Waals surface area contributed by atoms with Gasteiger partial charge in [-0.2, -0.15) is 0 Å². The highest BCUT2D eigenvalue weighted by atomic mass is 15.2. The van der Waals surface area contributed by atoms with Crippen molar-refractivity contribution in [3.05, 3.63) is 11.6 Å². The van der Waals surface area contributed by atoms with Gasteiger partial charge in [0, 0.05) is 6.54 Å². The van der Waals surface area contributed by atoms with Gasteiger partial charge in [-0.1, -0.05) is 25.0 Å². The van der Waals surface area contributed by atoms with E-state index >= 15 is 0 Å². The van der Waals surface area contributed by atoms with Gasteiger partial charge in [-0.25, -0.2) is 0 Å². The summed E-state index contributed by atoms with van der Waals surface area (Å²) in [5.74, 6) is 5.08. The molecule has 3 N–H and O–H groups in total. The molecule has 2 nitrogen and oxygen atoms in total. The zero-order chi connectivity index (χ0) is 7.11. The van der Waals surface area contributed by atoms with Gasteiger partial charge in [-0.05, 0) is 13.3 Å². The summed E-state index contributed by atoms with van der Waals surface area (Å²) >= 11 is 0. The molecule has 0 aliphatic heterocycles. The Kier molecular flexibility index (Phi) is 5.57. The van der Waals surface area contributed by atoms with Crippen LogP contribution < -0.4 is 11.3 Å². The van der Waals surface area contributed by atoms with Crippen LogP contribution in [0.4, 0.5) is 0 Å². The van der Waals surface area contributed by atoms with Crippen molar-refractivity contribution >= 4 is 0 Å². The second-order valence-corrected chi connectivity index (χ2v) is 2.21. The largest absolute Gasteiger partial charge is 0.271 e. The van der Waals surface area contributed by atoms with Gasteiger partial charge in [-0.15, -0.1) is 0 Å². The zero-order valence-electron chi connectivity index (χ0n) is 6.28. The van der Waals surface area contributed by atoms with Crippen molar-refractivity contribution < 1.29 is 0 Å². The van der Waals surface area contributed by atoms with Crippen LogP contribution in [0.5, 0.6) is 0 Å². The first kappa shape index (κ1) is 8.66. The van der Waals surface area contributed by atoms with Crippen LogP contribution in [0.25, 0.3) is 0 Å². The van der Waals surface area contributed by atoms with E-state index in [0.29, 0.717) is 0 Å². The second-order valence-electron chi connectivity index (χ2n) is 2.21. The Hall–Kier alpha value is -0.340. The minimum Gasteiger partial charge on any atom is -0.271 e. The van der Waals surface area contributed by atoms with Crippen LogP contribution in [0.2, 0.25) is 0 Å². The fourth-order valence-corrected chi connectivity index (χ4v) is 0.730. The third-order valence-corrected chi connectivity index (χ3v) is 1.21. The molecule has 9 heavy (non-hydrogen) atoms. The quantitative estimate of drug-likeness (QED) is 0.339. The molecule has 0 saturated carbocycles. The molecule has 0 heterocycles. The van der Waals surface area contributed by atoms with E-state index in [2.05, 4.69) is 25.3 Å². The molecule has 0 aromatic heterocycles. The third kappa shape index (κ3) is 5.53. The molecule has 54 valence electrons. The number of allylic oxidation sites excluding steroid dienone is 1. The lowest BCUT2D eigenvalue weighted by atomic mass is 10.2. The average molecular weight is 128 g/mol. The monoisotopic (exact) mass is 128 g/mol. The highest BCUT2D eigenvalue weighted by Gasteiger charge is 1.83. The molecule has 0 rings (SSSR count). The zero-order valence-corrected chi connectivity index (χ0v) is 6.28. The lowest BCUT2D eigenvalue weighted by molar-refractivity contribution is 0.808. The third-order valence-electron chi connectivity index (χ3n) is 1.21. The molecule has 2 heteroatoms. The summed E-state index contributed by atoms with van der Waals surface area (Å²) in [4.78, 5) is 0. The van der Waals surface area contributed by atoms with Crippen molar-refractivity contribution in [2.75, 3.05) is 6.54 Å². The summed E-state index contributed by atoms with van der Waals surface area (Å²) in [7, 11) is 0. The van der Waals surface area contributed by atoms with Crippen molar-refractivity contribution in [2.24, 2.45) is 5.84 Å². The van der Waals surface area contributed by atoms with Crippen molar-refractivity contribution in [1.82, 2.24) is 5.43 Å². The molecular weight excluding hydrogens is 112 g/mol. The molecular formula is C7H16N2. The fourth-order valence-electron chi connectivity index (χ4n) is 0.730. The molecule has 0 aromatic carbocycles. The van der Waals surface area contributed by atoms with Gasteiger partial charge in [0.2, 0.25) is 0 Å². The van der Waals surface area contributed by atoms with Crippen molar-refractivity contribution in [3.63, 3.8) is 0 Å². The van der Waals surface area contributed by atoms with Crippen LogP contribution >= 0.6 is 0 Å². The smallest absolute Gasteiger partial charge is 0.0281 e. The summed E-state index contributed by atoms with van der Waals surface area (Å²) in [5.41, 5.74) is 3.99. The van der Waals surface area contributed by atoms with E-state index in [4.69, 9.17) is 5.84 Å². The number of hydrogen-bond donors (Lipinski definition) is 2. The maximum atomic E-state index is 5.08. The second kappa shape index (κ2) is 5.79. The van der Waals surface area contributed by atoms with Gasteiger partial charge in [0.25, 0.3) is 0 Å². The van der Waals surface area contributed by atoms with Gasteiger partial charge < -0.3 is 0 Å². The van der Waals surface area contributed by atoms with Gasteiger partial charge in [0.1, 0.15) is 0 Å². The van der Waals surface area contributed by atoms with E-state index in [0.717, 1.165) is 6.54 Å². The van der Waals surface area contributed by atoms with E-state index < -0.39 is 0 Å². The molecule has 0 amide bonds. The van der Waals surface area contributed by atoms with E-state index in [9.17, 15) is 0 Å². The molecule has 0 aliphatic rings. The first-order valence-corrected chi connectivity index (χ1v) is 3.40. The maximum absolute atomic E-state index is 5.08. The molecule has 0 aromatic rings. The molecule has 0 unspecified atom stereocenters. The van der Waals surface area contributed by atoms with E-state index in [1.54, 1.807) is 0 Å². The Bertz CT molecular complexity index is 86.9. The van der Waals surface area contributed by atoms with Crippen molar-refractivity contribution in [1.29, 1.82) is 0 Å². The van der Waals surface area contributed by atoms with Crippen LogP contribution in [0.15, 0.2) is 11.6 Å². The van der Waals surface area contributed by atoms with Crippen molar-refractivity contribution in [3.8, 4) is 0 Å². The minimum atomic E-state index is 0.784. The normalized spacial score (nSPS) is 12.1. The van der Waals surface area contributed by atoms with Gasteiger partial charge in [0.15, 0.2) is 0 Å². The van der Waals surface area contributed by atoms with Gasteiger partial charge >= 0.3 is 0 Å². The number of hydrogen-bond acceptors (Lipinski definition) is 2. The van der Waals surface area contributed by atoms with Crippen LogP contribution in [0, 0.1) is 0 Å². The number of hydrazine groups is 1. The highest BCUT2D eigenvalue weighted by molar-refractivity contribution is 4.98. The van der Waals surface area contributed by atoms with Crippen LogP contribution in [0.3, 0.4) is 0 Å². The SMILES string of the molecule is CCC/C(C)=C/CNN. The van der Waals surface area contributed by atoms with Crippen molar-refractivity contribution in [2.45, 2.75) is 26.7 Å². The fraction of sp³-hybridized carbons (Fsp3) is 0.714. The van der Waals surface area contributed by atoms with Gasteiger partial charge in [0.05, 0.1) is 0 Å². The number of rotatable bonds is 4. The first-order valence-electron chi connectivity index (χ1n) is 3.40. The first-order chi connectivity index (χ1) is 4.31. The Labute approximate surface area is 57.1 Å². The van der Waals surface area contributed by atoms with Crippen LogP contribution in [0.1, 0.15) is 26.7 Å². The Morgan fingerprint density at radius 2 is 2.33 bits per heavy atom. The summed E-state index contributed by atoms with van der Waals surface area (Å²) in [6, 6.07) is 0. The standard InChI is InChI=1S/C7H16N2/c1-3-4-7(2)5-6-9-8/h5,9H,3-4,6,8H2,1-2H3/b7-5+. The van der Waals surface area contributed by atoms with Crippen LogP contribution in [-0.2, 0) is 0 Å². The summed E-state index contributed by atoms with van der Waals surface area (Å²) < 4.78 is 0. The minimum absolute atomic E-state index is 0.784. The number of nitrogens with one attached hydrogen (secondary N) is 1. The molecule has 0 fully saturated rings. The topological polar surface area (TPSA) is 38.0 Å². The van der Waals surface area contributed by atoms with Crippen LogP contribution in [-0.4, -0.2) is 6.54 Å². The predicted octanol–water partition coefficient (Wildman–Crippen LogP) is 1.20. The molecule has 0 bridgehead atoms. The highest BCUT2D eigenvalue weighted by Crippen LogP contribution is 2.00. The molecule has 0 radical (unpaired) electrons. The summed E-state index contributed by atoms with van der Waals surface area (Å²) in [5, 5.41) is 0. The number of nitrogens with two attached hydrogens (primary N) is 1. The summed E-state index contributed by atoms with van der Waals surface area (Å²) in [6.45, 7) is 5.08. The lowest BCUT2D eigenvalue weighted by Crippen LogP contribution is -2.21. The van der Waals surface area contributed by atoms with E-state index in [1.807, 2.05) is 0 Å². The maximum Gasteiger partial charge on any atom is 0.0281 e. The van der Waals surface area contributed by atoms with E-state index in [-0.39, 0.29) is 0 Å². The Morgan fingerprint density at radius 1 is 1.67 bits per heavy atom. The molecule has 0 atom stereocenters. The molecule has 0 saturated heterocycles. The molecule has 0 aliphatic carbocycles. The average Bonchev–Trinajstić information content (AvgIpc) is 1.85. The Balaban J connectivity index is 3.30. The van der Waals surface area contributed by atoms with E-state index in [1.165, 1.54) is 18.4 Å².